The molecule has 0 radical (unpaired) electrons. The number of aryl methyl sites for hydroxylation is 1. The Bertz CT molecular complexity index is 940. The molecule has 146 valence electrons. The van der Waals surface area contributed by atoms with Crippen LogP contribution < -0.4 is 0 Å². The lowest BCUT2D eigenvalue weighted by molar-refractivity contribution is -0.113. The second-order valence-electron chi connectivity index (χ2n) is 7.44. The molecule has 7 nitrogen and oxygen atoms in total. The summed E-state index contributed by atoms with van der Waals surface area (Å²) in [5.41, 5.74) is 2.61. The van der Waals surface area contributed by atoms with Gasteiger partial charge in [0, 0.05) is 24.3 Å². The third-order valence-corrected chi connectivity index (χ3v) is 8.24. The quantitative estimate of drug-likeness (QED) is 0.698. The highest BCUT2D eigenvalue weighted by Gasteiger charge is 2.32. The van der Waals surface area contributed by atoms with Gasteiger partial charge in [-0.25, -0.2) is 8.42 Å². The van der Waals surface area contributed by atoms with Crippen molar-refractivity contribution in [1.29, 1.82) is 0 Å². The van der Waals surface area contributed by atoms with Gasteiger partial charge in [0.1, 0.15) is 0 Å². The maximum absolute atomic E-state index is 12.4. The smallest absolute Gasteiger partial charge is 0.286 e. The second kappa shape index (κ2) is 7.09. The first-order chi connectivity index (χ1) is 12.8. The average Bonchev–Trinajstić information content (AvgIpc) is 3.27. The maximum Gasteiger partial charge on any atom is 0.286 e. The van der Waals surface area contributed by atoms with E-state index in [2.05, 4.69) is 15.0 Å². The summed E-state index contributed by atoms with van der Waals surface area (Å²) < 4.78 is 25.4. The SMILES string of the molecule is Cc1nn([C@H]2CCS(=O)(=O)C2)c(C)c1/C=C1\SC(N2CCCCC2)=NC1=O. The van der Waals surface area contributed by atoms with Crippen molar-refractivity contribution < 1.29 is 13.2 Å². The standard InChI is InChI=1S/C18H24N4O3S2/c1-12-15(13(2)22(20-12)14-6-9-27(24,25)11-14)10-16-17(23)19-18(26-16)21-7-4-3-5-8-21/h10,14H,3-9,11H2,1-2H3/b16-10-/t14-/m0/s1. The van der Waals surface area contributed by atoms with E-state index in [4.69, 9.17) is 0 Å². The molecular formula is C18H24N4O3S2. The number of aliphatic imine (C=N–C) groups is 1. The van der Waals surface area contributed by atoms with E-state index >= 15 is 0 Å². The highest BCUT2D eigenvalue weighted by molar-refractivity contribution is 8.18. The number of sulfone groups is 1. The van der Waals surface area contributed by atoms with Gasteiger partial charge in [0.15, 0.2) is 15.0 Å². The van der Waals surface area contributed by atoms with E-state index in [-0.39, 0.29) is 23.5 Å². The van der Waals surface area contributed by atoms with Gasteiger partial charge in [-0.05, 0) is 57.4 Å². The van der Waals surface area contributed by atoms with E-state index in [1.165, 1.54) is 18.2 Å². The summed E-state index contributed by atoms with van der Waals surface area (Å²) in [7, 11) is -2.97. The van der Waals surface area contributed by atoms with Gasteiger partial charge in [-0.1, -0.05) is 0 Å². The van der Waals surface area contributed by atoms with Crippen molar-refractivity contribution in [2.45, 2.75) is 45.6 Å². The Labute approximate surface area is 163 Å². The van der Waals surface area contributed by atoms with E-state index in [0.717, 1.165) is 48.1 Å². The Morgan fingerprint density at radius 2 is 1.93 bits per heavy atom. The van der Waals surface area contributed by atoms with Gasteiger partial charge in [0.05, 0.1) is 28.1 Å². The molecule has 2 saturated heterocycles. The molecule has 0 spiro atoms. The Hall–Kier alpha value is -1.61. The fraction of sp³-hybridized carbons (Fsp3) is 0.611. The van der Waals surface area contributed by atoms with Crippen molar-refractivity contribution in [2.75, 3.05) is 24.6 Å². The molecule has 27 heavy (non-hydrogen) atoms. The maximum atomic E-state index is 12.4. The number of carbonyl (C=O) groups excluding carboxylic acids is 1. The number of likely N-dealkylation sites (tertiary alicyclic amines) is 1. The summed E-state index contributed by atoms with van der Waals surface area (Å²) in [4.78, 5) is 19.4. The van der Waals surface area contributed by atoms with E-state index < -0.39 is 9.84 Å². The molecular weight excluding hydrogens is 384 g/mol. The van der Waals surface area contributed by atoms with E-state index in [1.807, 2.05) is 24.6 Å². The van der Waals surface area contributed by atoms with Crippen LogP contribution >= 0.6 is 11.8 Å². The van der Waals surface area contributed by atoms with E-state index in [1.54, 1.807) is 0 Å². The number of rotatable bonds is 2. The molecule has 1 atom stereocenters. The molecule has 3 aliphatic heterocycles. The summed E-state index contributed by atoms with van der Waals surface area (Å²) in [6.45, 7) is 5.75. The predicted molar refractivity (Wildman–Crippen MR) is 107 cm³/mol. The Morgan fingerprint density at radius 3 is 2.59 bits per heavy atom. The fourth-order valence-electron chi connectivity index (χ4n) is 3.96. The van der Waals surface area contributed by atoms with Crippen molar-refractivity contribution in [2.24, 2.45) is 4.99 Å². The van der Waals surface area contributed by atoms with E-state index in [9.17, 15) is 13.2 Å². The van der Waals surface area contributed by atoms with Crippen molar-refractivity contribution in [3.05, 3.63) is 21.9 Å². The summed E-state index contributed by atoms with van der Waals surface area (Å²) in [6.07, 6.45) is 5.98. The molecule has 1 aromatic rings. The Morgan fingerprint density at radius 1 is 1.19 bits per heavy atom. The van der Waals surface area contributed by atoms with E-state index in [0.29, 0.717) is 11.3 Å². The van der Waals surface area contributed by atoms with Crippen LogP contribution in [0.5, 0.6) is 0 Å². The molecule has 2 fully saturated rings. The Kier molecular flexibility index (Phi) is 4.92. The number of aromatic nitrogens is 2. The number of thioether (sulfide) groups is 1. The number of hydrogen-bond donors (Lipinski definition) is 0. The minimum Gasteiger partial charge on any atom is -0.351 e. The van der Waals surface area contributed by atoms with Gasteiger partial charge in [-0.3, -0.25) is 9.48 Å². The highest BCUT2D eigenvalue weighted by atomic mass is 32.2. The van der Waals surface area contributed by atoms with Gasteiger partial charge < -0.3 is 4.90 Å². The molecule has 3 aliphatic rings. The third kappa shape index (κ3) is 3.71. The summed E-state index contributed by atoms with van der Waals surface area (Å²) in [5, 5.41) is 5.37. The van der Waals surface area contributed by atoms with Crippen LogP contribution in [0.25, 0.3) is 6.08 Å². The first-order valence-electron chi connectivity index (χ1n) is 9.38. The molecule has 1 aromatic heterocycles. The van der Waals surface area contributed by atoms with Gasteiger partial charge in [0.25, 0.3) is 5.91 Å². The number of hydrogen-bond acceptors (Lipinski definition) is 6. The average molecular weight is 409 g/mol. The van der Waals surface area contributed by atoms with Crippen LogP contribution in [-0.4, -0.2) is 58.8 Å². The third-order valence-electron chi connectivity index (χ3n) is 5.45. The van der Waals surface area contributed by atoms with Crippen LogP contribution in [0, 0.1) is 13.8 Å². The van der Waals surface area contributed by atoms with Crippen LogP contribution in [0.2, 0.25) is 0 Å². The molecule has 0 aliphatic carbocycles. The lowest BCUT2D eigenvalue weighted by Crippen LogP contribution is -2.33. The normalized spacial score (nSPS) is 26.8. The topological polar surface area (TPSA) is 84.6 Å². The molecule has 0 bridgehead atoms. The largest absolute Gasteiger partial charge is 0.351 e. The first kappa shape index (κ1) is 18.7. The zero-order valence-corrected chi connectivity index (χ0v) is 17.3. The molecule has 0 N–H and O–H groups in total. The molecule has 0 unspecified atom stereocenters. The minimum absolute atomic E-state index is 0.118. The number of carbonyl (C=O) groups is 1. The highest BCUT2D eigenvalue weighted by Crippen LogP contribution is 2.33. The summed E-state index contributed by atoms with van der Waals surface area (Å²) in [6, 6.07) is -0.118. The lowest BCUT2D eigenvalue weighted by Gasteiger charge is -2.27. The molecule has 0 aromatic carbocycles. The molecule has 4 heterocycles. The van der Waals surface area contributed by atoms with Gasteiger partial charge in [-0.15, -0.1) is 0 Å². The fourth-order valence-corrected chi connectivity index (χ4v) is 6.60. The first-order valence-corrected chi connectivity index (χ1v) is 12.0. The van der Waals surface area contributed by atoms with Crippen LogP contribution in [0.1, 0.15) is 48.7 Å². The molecule has 1 amide bonds. The van der Waals surface area contributed by atoms with Gasteiger partial charge >= 0.3 is 0 Å². The second-order valence-corrected chi connectivity index (χ2v) is 10.7. The van der Waals surface area contributed by atoms with Crippen LogP contribution in [0.4, 0.5) is 0 Å². The summed E-state index contributed by atoms with van der Waals surface area (Å²) >= 11 is 1.43. The zero-order valence-electron chi connectivity index (χ0n) is 15.6. The molecule has 4 rings (SSSR count). The monoisotopic (exact) mass is 408 g/mol. The Balaban J connectivity index is 1.57. The minimum atomic E-state index is -2.97. The number of nitrogens with zero attached hydrogens (tertiary/aromatic N) is 4. The van der Waals surface area contributed by atoms with Crippen LogP contribution in [-0.2, 0) is 14.6 Å². The lowest BCUT2D eigenvalue weighted by atomic mass is 10.1. The molecule has 0 saturated carbocycles. The zero-order chi connectivity index (χ0) is 19.2. The predicted octanol–water partition coefficient (Wildman–Crippen LogP) is 2.32. The number of piperidine rings is 1. The number of amides is 1. The van der Waals surface area contributed by atoms with Crippen LogP contribution in [0.3, 0.4) is 0 Å². The van der Waals surface area contributed by atoms with Crippen molar-refractivity contribution in [3.63, 3.8) is 0 Å². The van der Waals surface area contributed by atoms with Gasteiger partial charge in [0.2, 0.25) is 0 Å². The number of amidine groups is 1. The van der Waals surface area contributed by atoms with Gasteiger partial charge in [-0.2, -0.15) is 10.1 Å². The van der Waals surface area contributed by atoms with Crippen molar-refractivity contribution in [3.8, 4) is 0 Å². The summed E-state index contributed by atoms with van der Waals surface area (Å²) in [5.74, 6) is 0.157. The van der Waals surface area contributed by atoms with Crippen molar-refractivity contribution >= 4 is 38.7 Å². The van der Waals surface area contributed by atoms with Crippen molar-refractivity contribution in [1.82, 2.24) is 14.7 Å². The van der Waals surface area contributed by atoms with Crippen LogP contribution in [0.15, 0.2) is 9.90 Å². The molecule has 9 heteroatoms.